The van der Waals surface area contributed by atoms with E-state index in [4.69, 9.17) is 16.7 Å². The van der Waals surface area contributed by atoms with Crippen LogP contribution < -0.4 is 0 Å². The van der Waals surface area contributed by atoms with Gasteiger partial charge in [-0.15, -0.1) is 11.3 Å². The van der Waals surface area contributed by atoms with Crippen LogP contribution in [0.2, 0.25) is 4.34 Å². The number of hydrogen-bond acceptors (Lipinski definition) is 2. The molecule has 10 heavy (non-hydrogen) atoms. The third-order valence-electron chi connectivity index (χ3n) is 1.08. The Kier molecular flexibility index (Phi) is 2.74. The van der Waals surface area contributed by atoms with Crippen LogP contribution in [0, 0.1) is 0 Å². The van der Waals surface area contributed by atoms with Crippen molar-refractivity contribution in [2.75, 3.05) is 0 Å². The normalized spacial score (nSPS) is 13.6. The van der Waals surface area contributed by atoms with Crippen molar-refractivity contribution in [2.24, 2.45) is 0 Å². The van der Waals surface area contributed by atoms with Crippen LogP contribution >= 0.6 is 38.9 Å². The summed E-state index contributed by atoms with van der Waals surface area (Å²) in [5, 5.41) is 9.09. The highest BCUT2D eigenvalue weighted by molar-refractivity contribution is 9.10. The van der Waals surface area contributed by atoms with Gasteiger partial charge in [-0.25, -0.2) is 0 Å². The maximum Gasteiger partial charge on any atom is 0.107 e. The molecule has 4 heteroatoms. The summed E-state index contributed by atoms with van der Waals surface area (Å²) < 4.78 is 1.55. The van der Waals surface area contributed by atoms with Gasteiger partial charge in [0.25, 0.3) is 0 Å². The molecule has 1 N–H and O–H groups in total. The summed E-state index contributed by atoms with van der Waals surface area (Å²) in [4.78, 5) is 0.886. The van der Waals surface area contributed by atoms with Gasteiger partial charge in [0.15, 0.2) is 0 Å². The van der Waals surface area contributed by atoms with Gasteiger partial charge in [0, 0.05) is 9.35 Å². The molecule has 0 aliphatic rings. The van der Waals surface area contributed by atoms with Gasteiger partial charge in [-0.2, -0.15) is 0 Å². The molecule has 1 aromatic heterocycles. The number of halogens is 2. The second kappa shape index (κ2) is 3.22. The maximum absolute atomic E-state index is 9.09. The monoisotopic (exact) mass is 240 g/mol. The summed E-state index contributed by atoms with van der Waals surface area (Å²) in [6.07, 6.45) is -0.422. The van der Waals surface area contributed by atoms with Crippen LogP contribution in [-0.4, -0.2) is 5.11 Å². The lowest BCUT2D eigenvalue weighted by molar-refractivity contribution is 0.203. The van der Waals surface area contributed by atoms with Crippen molar-refractivity contribution in [2.45, 2.75) is 13.0 Å². The minimum atomic E-state index is -0.422. The van der Waals surface area contributed by atoms with E-state index in [1.54, 1.807) is 6.92 Å². The average Bonchev–Trinajstić information content (AvgIpc) is 2.13. The Balaban J connectivity index is 2.98. The molecule has 0 aromatic carbocycles. The van der Waals surface area contributed by atoms with E-state index < -0.39 is 6.10 Å². The standard InChI is InChI=1S/C6H6BrClOS/c1-3(9)5-2-4(7)6(8)10-5/h2-3,9H,1H3/t3-/m0/s1. The van der Waals surface area contributed by atoms with Gasteiger partial charge in [0.1, 0.15) is 4.34 Å². The van der Waals surface area contributed by atoms with Crippen LogP contribution in [0.25, 0.3) is 0 Å². The molecule has 0 saturated carbocycles. The summed E-state index contributed by atoms with van der Waals surface area (Å²) in [7, 11) is 0. The van der Waals surface area contributed by atoms with E-state index >= 15 is 0 Å². The van der Waals surface area contributed by atoms with Crippen molar-refractivity contribution in [3.05, 3.63) is 19.8 Å². The Bertz CT molecular complexity index is 214. The Morgan fingerprint density at radius 1 is 1.80 bits per heavy atom. The third-order valence-corrected chi connectivity index (χ3v) is 3.72. The van der Waals surface area contributed by atoms with Crippen LogP contribution in [0.5, 0.6) is 0 Å². The van der Waals surface area contributed by atoms with Crippen LogP contribution in [0.15, 0.2) is 10.5 Å². The smallest absolute Gasteiger partial charge is 0.107 e. The summed E-state index contributed by atoms with van der Waals surface area (Å²) >= 11 is 10.4. The van der Waals surface area contributed by atoms with Crippen molar-refractivity contribution in [1.29, 1.82) is 0 Å². The topological polar surface area (TPSA) is 20.2 Å². The fourth-order valence-electron chi connectivity index (χ4n) is 0.569. The number of rotatable bonds is 1. The highest BCUT2D eigenvalue weighted by Crippen LogP contribution is 2.34. The molecule has 1 rings (SSSR count). The molecular formula is C6H6BrClOS. The second-order valence-electron chi connectivity index (χ2n) is 1.95. The Labute approximate surface area is 76.8 Å². The molecule has 1 nitrogen and oxygen atoms in total. The van der Waals surface area contributed by atoms with Crippen molar-refractivity contribution in [3.63, 3.8) is 0 Å². The maximum atomic E-state index is 9.09. The molecule has 0 unspecified atom stereocenters. The molecular weight excluding hydrogens is 235 g/mol. The molecule has 0 fully saturated rings. The van der Waals surface area contributed by atoms with Gasteiger partial charge in [-0.3, -0.25) is 0 Å². The molecule has 0 spiro atoms. The molecule has 0 bridgehead atoms. The van der Waals surface area contributed by atoms with Crippen LogP contribution in [-0.2, 0) is 0 Å². The Hall–Kier alpha value is 0.430. The van der Waals surface area contributed by atoms with Gasteiger partial charge >= 0.3 is 0 Å². The minimum Gasteiger partial charge on any atom is -0.388 e. The van der Waals surface area contributed by atoms with E-state index in [2.05, 4.69) is 15.9 Å². The first-order valence-electron chi connectivity index (χ1n) is 2.74. The number of aliphatic hydroxyl groups is 1. The summed E-state index contributed by atoms with van der Waals surface area (Å²) in [6.45, 7) is 1.72. The zero-order chi connectivity index (χ0) is 7.72. The molecule has 1 aromatic rings. The predicted octanol–water partition coefficient (Wildman–Crippen LogP) is 3.22. The van der Waals surface area contributed by atoms with Crippen molar-refractivity contribution < 1.29 is 5.11 Å². The molecule has 0 aliphatic carbocycles. The van der Waals surface area contributed by atoms with E-state index in [9.17, 15) is 0 Å². The molecule has 1 heterocycles. The van der Waals surface area contributed by atoms with Crippen molar-refractivity contribution in [1.82, 2.24) is 0 Å². The zero-order valence-electron chi connectivity index (χ0n) is 5.27. The zero-order valence-corrected chi connectivity index (χ0v) is 8.42. The summed E-state index contributed by atoms with van der Waals surface area (Å²) in [6, 6.07) is 1.83. The van der Waals surface area contributed by atoms with E-state index in [1.807, 2.05) is 6.07 Å². The molecule has 1 atom stereocenters. The number of thiophene rings is 1. The average molecular weight is 242 g/mol. The first-order valence-corrected chi connectivity index (χ1v) is 4.73. The number of hydrogen-bond donors (Lipinski definition) is 1. The lowest BCUT2D eigenvalue weighted by Gasteiger charge is -1.95. The molecule has 56 valence electrons. The first-order chi connectivity index (χ1) is 4.61. The Morgan fingerprint density at radius 2 is 2.40 bits per heavy atom. The quantitative estimate of drug-likeness (QED) is 0.800. The van der Waals surface area contributed by atoms with Crippen molar-refractivity contribution >= 4 is 38.9 Å². The highest BCUT2D eigenvalue weighted by atomic mass is 79.9. The fourth-order valence-corrected chi connectivity index (χ4v) is 2.24. The highest BCUT2D eigenvalue weighted by Gasteiger charge is 2.07. The van der Waals surface area contributed by atoms with E-state index in [-0.39, 0.29) is 0 Å². The Morgan fingerprint density at radius 3 is 2.60 bits per heavy atom. The van der Waals surface area contributed by atoms with Gasteiger partial charge in [0.05, 0.1) is 6.10 Å². The van der Waals surface area contributed by atoms with Gasteiger partial charge in [0.2, 0.25) is 0 Å². The van der Waals surface area contributed by atoms with Crippen LogP contribution in [0.1, 0.15) is 17.9 Å². The van der Waals surface area contributed by atoms with E-state index in [1.165, 1.54) is 11.3 Å². The van der Waals surface area contributed by atoms with Gasteiger partial charge in [-0.1, -0.05) is 11.6 Å². The minimum absolute atomic E-state index is 0.422. The molecule has 0 saturated heterocycles. The fraction of sp³-hybridized carbons (Fsp3) is 0.333. The van der Waals surface area contributed by atoms with Gasteiger partial charge < -0.3 is 5.11 Å². The largest absolute Gasteiger partial charge is 0.388 e. The summed E-state index contributed by atoms with van der Waals surface area (Å²) in [5.74, 6) is 0. The lowest BCUT2D eigenvalue weighted by atomic mass is 10.3. The molecule has 0 aliphatic heterocycles. The SMILES string of the molecule is C[C@H](O)c1cc(Br)c(Cl)s1. The molecule has 0 amide bonds. The van der Waals surface area contributed by atoms with E-state index in [0.29, 0.717) is 4.34 Å². The second-order valence-corrected chi connectivity index (χ2v) is 4.49. The van der Waals surface area contributed by atoms with Gasteiger partial charge in [-0.05, 0) is 28.9 Å². The predicted molar refractivity (Wildman–Crippen MR) is 47.7 cm³/mol. The van der Waals surface area contributed by atoms with E-state index in [0.717, 1.165) is 9.35 Å². The van der Waals surface area contributed by atoms with Crippen LogP contribution in [0.4, 0.5) is 0 Å². The molecule has 0 radical (unpaired) electrons. The van der Waals surface area contributed by atoms with Crippen molar-refractivity contribution in [3.8, 4) is 0 Å². The number of aliphatic hydroxyl groups excluding tert-OH is 1. The lowest BCUT2D eigenvalue weighted by Crippen LogP contribution is -1.83. The first kappa shape index (κ1) is 8.53. The van der Waals surface area contributed by atoms with Crippen LogP contribution in [0.3, 0.4) is 0 Å². The third kappa shape index (κ3) is 1.72. The summed E-state index contributed by atoms with van der Waals surface area (Å²) in [5.41, 5.74) is 0.